The lowest BCUT2D eigenvalue weighted by Gasteiger charge is -2.15. The second kappa shape index (κ2) is 7.30. The summed E-state index contributed by atoms with van der Waals surface area (Å²) in [6.45, 7) is 2.05. The Balaban J connectivity index is 1.56. The lowest BCUT2D eigenvalue weighted by atomic mass is 10.1. The van der Waals surface area contributed by atoms with E-state index in [-0.39, 0.29) is 18.4 Å². The highest BCUT2D eigenvalue weighted by molar-refractivity contribution is 5.96. The molecule has 2 N–H and O–H groups in total. The largest absolute Gasteiger partial charge is 0.416 e. The third kappa shape index (κ3) is 4.39. The molecule has 0 saturated heterocycles. The highest BCUT2D eigenvalue weighted by Crippen LogP contribution is 2.31. The van der Waals surface area contributed by atoms with Crippen LogP contribution in [0.5, 0.6) is 0 Å². The second-order valence-electron chi connectivity index (χ2n) is 6.24. The Morgan fingerprint density at radius 3 is 2.37 bits per heavy atom. The molecule has 27 heavy (non-hydrogen) atoms. The molecule has 0 fully saturated rings. The van der Waals surface area contributed by atoms with Crippen LogP contribution < -0.4 is 15.5 Å². The summed E-state index contributed by atoms with van der Waals surface area (Å²) in [6.07, 6.45) is -3.66. The van der Waals surface area contributed by atoms with E-state index < -0.39 is 11.7 Å². The van der Waals surface area contributed by atoms with Gasteiger partial charge in [-0.1, -0.05) is 0 Å². The van der Waals surface area contributed by atoms with Gasteiger partial charge in [-0.25, -0.2) is 0 Å². The summed E-state index contributed by atoms with van der Waals surface area (Å²) < 4.78 is 37.6. The molecule has 2 amide bonds. The standard InChI is InChI=1S/C19H18F3N3O2/c1-12(26)25-9-8-13-10-16(6-7-17(13)25)24-18(27)11-23-15-4-2-14(3-5-15)19(20,21)22/h2-7,10,23H,8-9,11H2,1H3,(H,24,27). The van der Waals surface area contributed by atoms with E-state index in [1.807, 2.05) is 6.07 Å². The average Bonchev–Trinajstić information content (AvgIpc) is 3.03. The van der Waals surface area contributed by atoms with Crippen molar-refractivity contribution in [2.45, 2.75) is 19.5 Å². The van der Waals surface area contributed by atoms with E-state index in [2.05, 4.69) is 10.6 Å². The Morgan fingerprint density at radius 2 is 1.74 bits per heavy atom. The van der Waals surface area contributed by atoms with Gasteiger partial charge in [0.15, 0.2) is 0 Å². The molecule has 0 bridgehead atoms. The minimum absolute atomic E-state index is 0.0220. The highest BCUT2D eigenvalue weighted by atomic mass is 19.4. The van der Waals surface area contributed by atoms with Gasteiger partial charge in [-0.2, -0.15) is 13.2 Å². The number of anilines is 3. The van der Waals surface area contributed by atoms with Crippen LogP contribution in [0, 0.1) is 0 Å². The van der Waals surface area contributed by atoms with Gasteiger partial charge in [-0.15, -0.1) is 0 Å². The van der Waals surface area contributed by atoms with Gasteiger partial charge in [0.05, 0.1) is 12.1 Å². The zero-order valence-electron chi connectivity index (χ0n) is 14.6. The Labute approximate surface area is 154 Å². The maximum atomic E-state index is 12.5. The van der Waals surface area contributed by atoms with Crippen LogP contribution in [0.4, 0.5) is 30.2 Å². The van der Waals surface area contributed by atoms with Crippen molar-refractivity contribution in [1.29, 1.82) is 0 Å². The van der Waals surface area contributed by atoms with Crippen LogP contribution in [-0.2, 0) is 22.2 Å². The van der Waals surface area contributed by atoms with Crippen molar-refractivity contribution in [2.75, 3.05) is 28.6 Å². The van der Waals surface area contributed by atoms with Crippen molar-refractivity contribution in [3.05, 3.63) is 53.6 Å². The molecule has 2 aromatic rings. The molecular weight excluding hydrogens is 359 g/mol. The Hall–Kier alpha value is -3.03. The molecule has 0 atom stereocenters. The Morgan fingerprint density at radius 1 is 1.07 bits per heavy atom. The summed E-state index contributed by atoms with van der Waals surface area (Å²) in [5.41, 5.74) is 2.12. The first-order valence-corrected chi connectivity index (χ1v) is 8.36. The van der Waals surface area contributed by atoms with Crippen LogP contribution in [0.3, 0.4) is 0 Å². The quantitative estimate of drug-likeness (QED) is 0.855. The zero-order valence-corrected chi connectivity index (χ0v) is 14.6. The summed E-state index contributed by atoms with van der Waals surface area (Å²) >= 11 is 0. The van der Waals surface area contributed by atoms with Crippen molar-refractivity contribution < 1.29 is 22.8 Å². The second-order valence-corrected chi connectivity index (χ2v) is 6.24. The molecular formula is C19H18F3N3O2. The molecule has 0 spiro atoms. The number of amides is 2. The first-order chi connectivity index (χ1) is 12.7. The molecule has 0 aliphatic carbocycles. The van der Waals surface area contributed by atoms with Crippen LogP contribution in [0.2, 0.25) is 0 Å². The number of carbonyl (C=O) groups excluding carboxylic acids is 2. The molecule has 2 aromatic carbocycles. The van der Waals surface area contributed by atoms with E-state index in [0.717, 1.165) is 29.8 Å². The molecule has 0 radical (unpaired) electrons. The van der Waals surface area contributed by atoms with Crippen molar-refractivity contribution in [1.82, 2.24) is 0 Å². The number of fused-ring (bicyclic) bond motifs is 1. The molecule has 1 aliphatic heterocycles. The van der Waals surface area contributed by atoms with Gasteiger partial charge in [-0.05, 0) is 54.4 Å². The number of hydrogen-bond acceptors (Lipinski definition) is 3. The fourth-order valence-electron chi connectivity index (χ4n) is 2.97. The molecule has 0 aromatic heterocycles. The fraction of sp³-hybridized carbons (Fsp3) is 0.263. The number of rotatable bonds is 4. The van der Waals surface area contributed by atoms with E-state index in [0.29, 0.717) is 17.9 Å². The normalized spacial score (nSPS) is 13.3. The first-order valence-electron chi connectivity index (χ1n) is 8.36. The fourth-order valence-corrected chi connectivity index (χ4v) is 2.97. The summed E-state index contributed by atoms with van der Waals surface area (Å²) in [4.78, 5) is 25.3. The molecule has 8 heteroatoms. The Bertz CT molecular complexity index is 863. The van der Waals surface area contributed by atoms with Crippen LogP contribution in [-0.4, -0.2) is 24.9 Å². The number of hydrogen-bond donors (Lipinski definition) is 2. The predicted octanol–water partition coefficient (Wildman–Crippen LogP) is 3.67. The number of nitrogens with one attached hydrogen (secondary N) is 2. The SMILES string of the molecule is CC(=O)N1CCc2cc(NC(=O)CNc3ccc(C(F)(F)F)cc3)ccc21. The third-order valence-corrected chi connectivity index (χ3v) is 4.30. The van der Waals surface area contributed by atoms with Crippen molar-refractivity contribution >= 4 is 28.9 Å². The maximum Gasteiger partial charge on any atom is 0.416 e. The third-order valence-electron chi connectivity index (χ3n) is 4.30. The smallest absolute Gasteiger partial charge is 0.376 e. The minimum Gasteiger partial charge on any atom is -0.376 e. The van der Waals surface area contributed by atoms with Gasteiger partial charge in [0.25, 0.3) is 0 Å². The maximum absolute atomic E-state index is 12.5. The zero-order chi connectivity index (χ0) is 19.6. The highest BCUT2D eigenvalue weighted by Gasteiger charge is 2.30. The topological polar surface area (TPSA) is 61.4 Å². The average molecular weight is 377 g/mol. The van der Waals surface area contributed by atoms with Crippen molar-refractivity contribution in [3.63, 3.8) is 0 Å². The van der Waals surface area contributed by atoms with Crippen LogP contribution >= 0.6 is 0 Å². The van der Waals surface area contributed by atoms with E-state index in [1.165, 1.54) is 19.1 Å². The summed E-state index contributed by atoms with van der Waals surface area (Å²) in [5, 5.41) is 5.52. The molecule has 1 heterocycles. The van der Waals surface area contributed by atoms with Gasteiger partial charge in [0.1, 0.15) is 0 Å². The lowest BCUT2D eigenvalue weighted by Crippen LogP contribution is -2.25. The molecule has 5 nitrogen and oxygen atoms in total. The first kappa shape index (κ1) is 18.8. The number of nitrogens with zero attached hydrogens (tertiary/aromatic N) is 1. The van der Waals surface area contributed by atoms with Crippen LogP contribution in [0.15, 0.2) is 42.5 Å². The van der Waals surface area contributed by atoms with Gasteiger partial charge in [0.2, 0.25) is 11.8 Å². The minimum atomic E-state index is -4.39. The van der Waals surface area contributed by atoms with E-state index in [1.54, 1.807) is 17.0 Å². The van der Waals surface area contributed by atoms with E-state index >= 15 is 0 Å². The summed E-state index contributed by atoms with van der Waals surface area (Å²) in [5.74, 6) is -0.345. The molecule has 3 rings (SSSR count). The van der Waals surface area contributed by atoms with Gasteiger partial charge >= 0.3 is 6.18 Å². The van der Waals surface area contributed by atoms with Crippen molar-refractivity contribution in [3.8, 4) is 0 Å². The lowest BCUT2D eigenvalue weighted by molar-refractivity contribution is -0.137. The van der Waals surface area contributed by atoms with Crippen LogP contribution in [0.25, 0.3) is 0 Å². The van der Waals surface area contributed by atoms with E-state index in [4.69, 9.17) is 0 Å². The number of halogens is 3. The van der Waals surface area contributed by atoms with Gasteiger partial charge in [-0.3, -0.25) is 9.59 Å². The number of carbonyl (C=O) groups is 2. The molecule has 142 valence electrons. The summed E-state index contributed by atoms with van der Waals surface area (Å²) in [6, 6.07) is 9.82. The number of alkyl halides is 3. The monoisotopic (exact) mass is 377 g/mol. The molecule has 0 unspecified atom stereocenters. The Kier molecular flexibility index (Phi) is 5.07. The molecule has 1 aliphatic rings. The van der Waals surface area contributed by atoms with Crippen molar-refractivity contribution in [2.24, 2.45) is 0 Å². The van der Waals surface area contributed by atoms with E-state index in [9.17, 15) is 22.8 Å². The van der Waals surface area contributed by atoms with Crippen LogP contribution in [0.1, 0.15) is 18.1 Å². The van der Waals surface area contributed by atoms with Gasteiger partial charge < -0.3 is 15.5 Å². The summed E-state index contributed by atoms with van der Waals surface area (Å²) in [7, 11) is 0. The number of benzene rings is 2. The molecule has 0 saturated carbocycles. The predicted molar refractivity (Wildman–Crippen MR) is 96.7 cm³/mol. The van der Waals surface area contributed by atoms with Gasteiger partial charge in [0, 0.05) is 30.5 Å².